The molecule has 4 heterocycles. The molecule has 4 aromatic rings. The Morgan fingerprint density at radius 3 is 2.39 bits per heavy atom. The van der Waals surface area contributed by atoms with Crippen LogP contribution in [0, 0.1) is 11.6 Å². The highest BCUT2D eigenvalue weighted by atomic mass is 32.1. The molecule has 232 valence electrons. The second-order valence-corrected chi connectivity index (χ2v) is 11.6. The maximum absolute atomic E-state index is 14.7. The number of pyridine rings is 1. The number of hydrogen-bond donors (Lipinski definition) is 0. The minimum Gasteiger partial charge on any atom is -0.489 e. The number of rotatable bonds is 8. The fourth-order valence-electron chi connectivity index (χ4n) is 5.61. The SMILES string of the molecule is CC(C)c1ccc(COc2ccc(-c3c(-c4ccncc4)nn4c3C(=O)N(CC3COC(C)(C)O3)CC4)cc2)c(F)c1F.S. The van der Waals surface area contributed by atoms with Gasteiger partial charge in [-0.1, -0.05) is 38.1 Å². The zero-order valence-electron chi connectivity index (χ0n) is 25.1. The summed E-state index contributed by atoms with van der Waals surface area (Å²) in [6.07, 6.45) is 3.17. The molecule has 1 fully saturated rings. The summed E-state index contributed by atoms with van der Waals surface area (Å²) in [6.45, 7) is 9.12. The van der Waals surface area contributed by atoms with Crippen LogP contribution in [0.5, 0.6) is 5.75 Å². The van der Waals surface area contributed by atoms with Crippen LogP contribution in [0.1, 0.15) is 55.2 Å². The Morgan fingerprint density at radius 1 is 1.00 bits per heavy atom. The third-order valence-electron chi connectivity index (χ3n) is 7.82. The third-order valence-corrected chi connectivity index (χ3v) is 7.82. The highest BCUT2D eigenvalue weighted by Crippen LogP contribution is 2.37. The number of carbonyl (C=O) groups is 1. The Balaban J connectivity index is 0.00000384. The average molecular weight is 623 g/mol. The molecule has 1 unspecified atom stereocenters. The second-order valence-electron chi connectivity index (χ2n) is 11.6. The molecule has 0 radical (unpaired) electrons. The normalized spacial score (nSPS) is 17.5. The standard InChI is InChI=1S/C33H34F2N4O4.H2S/c1-20(2)26-10-7-23(28(34)29(26)35)18-41-24-8-5-21(6-9-24)27-30(22-11-13-36-14-12-22)37-39-16-15-38(32(40)31(27)39)17-25-19-42-33(3,4)43-25;/h5-14,20,25H,15-19H2,1-4H3;1H2. The lowest BCUT2D eigenvalue weighted by atomic mass is 9.98. The van der Waals surface area contributed by atoms with Crippen molar-refractivity contribution in [1.29, 1.82) is 0 Å². The quantitative estimate of drug-likeness (QED) is 0.229. The van der Waals surface area contributed by atoms with E-state index in [2.05, 4.69) is 4.98 Å². The topological polar surface area (TPSA) is 78.7 Å². The Bertz CT molecular complexity index is 1640. The van der Waals surface area contributed by atoms with Gasteiger partial charge in [-0.3, -0.25) is 14.5 Å². The second kappa shape index (κ2) is 12.7. The molecule has 2 aliphatic rings. The molecule has 2 aliphatic heterocycles. The summed E-state index contributed by atoms with van der Waals surface area (Å²) in [5.74, 6) is -2.18. The van der Waals surface area contributed by atoms with Crippen LogP contribution in [-0.4, -0.2) is 57.2 Å². The van der Waals surface area contributed by atoms with E-state index in [1.54, 1.807) is 46.2 Å². The summed E-state index contributed by atoms with van der Waals surface area (Å²) in [5.41, 5.74) is 3.95. The van der Waals surface area contributed by atoms with E-state index in [4.69, 9.17) is 19.3 Å². The van der Waals surface area contributed by atoms with Crippen molar-refractivity contribution in [2.24, 2.45) is 0 Å². The van der Waals surface area contributed by atoms with Gasteiger partial charge in [-0.2, -0.15) is 18.6 Å². The summed E-state index contributed by atoms with van der Waals surface area (Å²) < 4.78 is 48.4. The monoisotopic (exact) mass is 622 g/mol. The van der Waals surface area contributed by atoms with Crippen molar-refractivity contribution < 1.29 is 27.8 Å². The van der Waals surface area contributed by atoms with Crippen LogP contribution in [0.4, 0.5) is 8.78 Å². The summed E-state index contributed by atoms with van der Waals surface area (Å²) >= 11 is 0. The first-order valence-electron chi connectivity index (χ1n) is 14.4. The average Bonchev–Trinajstić information content (AvgIpc) is 3.55. The van der Waals surface area contributed by atoms with Gasteiger partial charge < -0.3 is 19.1 Å². The van der Waals surface area contributed by atoms with Crippen molar-refractivity contribution >= 4 is 19.4 Å². The first kappa shape index (κ1) is 31.6. The maximum atomic E-state index is 14.7. The van der Waals surface area contributed by atoms with Crippen LogP contribution in [-0.2, 0) is 22.6 Å². The molecule has 0 aliphatic carbocycles. The molecule has 11 heteroatoms. The van der Waals surface area contributed by atoms with Crippen LogP contribution >= 0.6 is 13.5 Å². The van der Waals surface area contributed by atoms with Gasteiger partial charge in [0.25, 0.3) is 5.91 Å². The highest BCUT2D eigenvalue weighted by Gasteiger charge is 2.38. The minimum atomic E-state index is -0.891. The van der Waals surface area contributed by atoms with Crippen LogP contribution in [0.25, 0.3) is 22.4 Å². The molecule has 0 bridgehead atoms. The van der Waals surface area contributed by atoms with Gasteiger partial charge in [-0.25, -0.2) is 8.78 Å². The molecule has 2 aromatic heterocycles. The molecule has 1 amide bonds. The van der Waals surface area contributed by atoms with Gasteiger partial charge in [-0.05, 0) is 55.2 Å². The van der Waals surface area contributed by atoms with Crippen molar-refractivity contribution in [3.05, 3.63) is 89.4 Å². The Hall–Kier alpha value is -3.80. The van der Waals surface area contributed by atoms with Gasteiger partial charge in [0.1, 0.15) is 29.8 Å². The third kappa shape index (κ3) is 6.22. The number of aromatic nitrogens is 3. The van der Waals surface area contributed by atoms with E-state index in [0.29, 0.717) is 54.5 Å². The highest BCUT2D eigenvalue weighted by molar-refractivity contribution is 7.59. The predicted molar refractivity (Wildman–Crippen MR) is 167 cm³/mol. The zero-order chi connectivity index (χ0) is 30.3. The summed E-state index contributed by atoms with van der Waals surface area (Å²) in [7, 11) is 0. The lowest BCUT2D eigenvalue weighted by molar-refractivity contribution is -0.139. The van der Waals surface area contributed by atoms with Gasteiger partial charge in [0.05, 0.1) is 13.2 Å². The number of ether oxygens (including phenoxy) is 3. The van der Waals surface area contributed by atoms with Gasteiger partial charge in [0.2, 0.25) is 0 Å². The Morgan fingerprint density at radius 2 is 1.73 bits per heavy atom. The van der Waals surface area contributed by atoms with E-state index in [1.165, 1.54) is 0 Å². The van der Waals surface area contributed by atoms with Crippen molar-refractivity contribution in [2.45, 2.75) is 58.7 Å². The lowest BCUT2D eigenvalue weighted by Gasteiger charge is -2.30. The van der Waals surface area contributed by atoms with E-state index < -0.39 is 17.4 Å². The van der Waals surface area contributed by atoms with E-state index in [1.807, 2.05) is 52.0 Å². The molecule has 0 spiro atoms. The number of carbonyl (C=O) groups excluding carboxylic acids is 1. The summed E-state index contributed by atoms with van der Waals surface area (Å²) in [6, 6.07) is 14.1. The summed E-state index contributed by atoms with van der Waals surface area (Å²) in [4.78, 5) is 19.8. The first-order valence-corrected chi connectivity index (χ1v) is 14.4. The van der Waals surface area contributed by atoms with E-state index in [0.717, 1.165) is 11.1 Å². The minimum absolute atomic E-state index is 0. The molecule has 0 N–H and O–H groups in total. The van der Waals surface area contributed by atoms with Gasteiger partial charge in [0, 0.05) is 42.2 Å². The molecule has 2 aromatic carbocycles. The van der Waals surface area contributed by atoms with Gasteiger partial charge in [0.15, 0.2) is 17.4 Å². The van der Waals surface area contributed by atoms with Crippen molar-refractivity contribution in [1.82, 2.24) is 19.7 Å². The number of fused-ring (bicyclic) bond motifs is 1. The molecular formula is C33H36F2N4O4S. The van der Waals surface area contributed by atoms with Crippen LogP contribution in [0.15, 0.2) is 60.9 Å². The van der Waals surface area contributed by atoms with E-state index in [-0.39, 0.29) is 43.6 Å². The molecule has 8 nitrogen and oxygen atoms in total. The van der Waals surface area contributed by atoms with Crippen molar-refractivity contribution in [2.75, 3.05) is 19.7 Å². The largest absolute Gasteiger partial charge is 0.489 e. The number of benzene rings is 2. The number of halogens is 2. The van der Waals surface area contributed by atoms with Crippen molar-refractivity contribution in [3.8, 4) is 28.1 Å². The number of amides is 1. The van der Waals surface area contributed by atoms with E-state index in [9.17, 15) is 13.6 Å². The molecule has 1 saturated heterocycles. The predicted octanol–water partition coefficient (Wildman–Crippen LogP) is 6.31. The van der Waals surface area contributed by atoms with E-state index >= 15 is 0 Å². The van der Waals surface area contributed by atoms with Gasteiger partial charge >= 0.3 is 0 Å². The Labute approximate surface area is 262 Å². The molecular weight excluding hydrogens is 586 g/mol. The maximum Gasteiger partial charge on any atom is 0.272 e. The first-order chi connectivity index (χ1) is 20.6. The number of nitrogens with zero attached hydrogens (tertiary/aromatic N) is 4. The Kier molecular flexibility index (Phi) is 9.10. The fraction of sp³-hybridized carbons (Fsp3) is 0.364. The molecule has 6 rings (SSSR count). The molecule has 1 atom stereocenters. The zero-order valence-corrected chi connectivity index (χ0v) is 26.1. The van der Waals surface area contributed by atoms with Crippen LogP contribution < -0.4 is 4.74 Å². The van der Waals surface area contributed by atoms with Crippen molar-refractivity contribution in [3.63, 3.8) is 0 Å². The van der Waals surface area contributed by atoms with Crippen LogP contribution in [0.3, 0.4) is 0 Å². The smallest absolute Gasteiger partial charge is 0.272 e. The fourth-order valence-corrected chi connectivity index (χ4v) is 5.61. The molecule has 44 heavy (non-hydrogen) atoms. The van der Waals surface area contributed by atoms with Gasteiger partial charge in [-0.15, -0.1) is 0 Å². The number of hydrogen-bond acceptors (Lipinski definition) is 6. The van der Waals surface area contributed by atoms with Crippen LogP contribution in [0.2, 0.25) is 0 Å². The lowest BCUT2D eigenvalue weighted by Crippen LogP contribution is -2.45. The molecule has 0 saturated carbocycles. The summed E-state index contributed by atoms with van der Waals surface area (Å²) in [5, 5.41) is 4.85.